The number of methoxy groups -OCH3 is 2. The Morgan fingerprint density at radius 2 is 1.54 bits per heavy atom. The molecule has 0 heterocycles. The van der Waals surface area contributed by atoms with Crippen LogP contribution < -0.4 is 20.1 Å². The molecule has 0 spiro atoms. The predicted molar refractivity (Wildman–Crippen MR) is 92.7 cm³/mol. The second-order valence-corrected chi connectivity index (χ2v) is 5.27. The lowest BCUT2D eigenvalue weighted by Gasteiger charge is -2.12. The molecule has 0 unspecified atom stereocenters. The Kier molecular flexibility index (Phi) is 5.42. The van der Waals surface area contributed by atoms with E-state index < -0.39 is 11.8 Å². The van der Waals surface area contributed by atoms with Gasteiger partial charge in [-0.1, -0.05) is 6.07 Å². The van der Waals surface area contributed by atoms with Gasteiger partial charge >= 0.3 is 11.8 Å². The van der Waals surface area contributed by atoms with Gasteiger partial charge in [0.25, 0.3) is 0 Å². The Hall–Kier alpha value is -3.02. The number of rotatable bonds is 4. The first-order valence-electron chi connectivity index (χ1n) is 7.36. The fraction of sp³-hybridized carbons (Fsp3) is 0.222. The summed E-state index contributed by atoms with van der Waals surface area (Å²) in [6.45, 7) is 3.91. The molecule has 0 radical (unpaired) electrons. The van der Waals surface area contributed by atoms with Crippen LogP contribution in [0, 0.1) is 13.8 Å². The third-order valence-electron chi connectivity index (χ3n) is 3.63. The molecule has 2 N–H and O–H groups in total. The maximum Gasteiger partial charge on any atom is 0.314 e. The molecule has 0 aliphatic heterocycles. The standard InChI is InChI=1S/C18H20N2O4/c1-11-5-6-13(9-12(11)2)19-17(21)18(22)20-15-8-7-14(23-3)10-16(15)24-4/h5-10H,1-4H3,(H,19,21)(H,20,22). The SMILES string of the molecule is COc1ccc(NC(=O)C(=O)Nc2ccc(C)c(C)c2)c(OC)c1. The summed E-state index contributed by atoms with van der Waals surface area (Å²) in [4.78, 5) is 24.1. The minimum absolute atomic E-state index is 0.388. The highest BCUT2D eigenvalue weighted by Gasteiger charge is 2.16. The van der Waals surface area contributed by atoms with E-state index in [1.54, 1.807) is 24.3 Å². The summed E-state index contributed by atoms with van der Waals surface area (Å²) in [6.07, 6.45) is 0. The van der Waals surface area contributed by atoms with Crippen LogP contribution in [-0.4, -0.2) is 26.0 Å². The predicted octanol–water partition coefficient (Wildman–Crippen LogP) is 2.90. The average Bonchev–Trinajstić information content (AvgIpc) is 2.58. The van der Waals surface area contributed by atoms with Crippen LogP contribution in [0.25, 0.3) is 0 Å². The summed E-state index contributed by atoms with van der Waals surface area (Å²) in [5, 5.41) is 5.10. The third-order valence-corrected chi connectivity index (χ3v) is 3.63. The number of benzene rings is 2. The van der Waals surface area contributed by atoms with Crippen LogP contribution in [-0.2, 0) is 9.59 Å². The van der Waals surface area contributed by atoms with Crippen LogP contribution in [0.4, 0.5) is 11.4 Å². The fourth-order valence-corrected chi connectivity index (χ4v) is 2.09. The lowest BCUT2D eigenvalue weighted by atomic mass is 10.1. The largest absolute Gasteiger partial charge is 0.497 e. The van der Waals surface area contributed by atoms with E-state index in [9.17, 15) is 9.59 Å². The van der Waals surface area contributed by atoms with Crippen LogP contribution >= 0.6 is 0 Å². The number of amides is 2. The van der Waals surface area contributed by atoms with E-state index in [0.717, 1.165) is 11.1 Å². The van der Waals surface area contributed by atoms with Crippen molar-refractivity contribution < 1.29 is 19.1 Å². The van der Waals surface area contributed by atoms with Gasteiger partial charge < -0.3 is 20.1 Å². The van der Waals surface area contributed by atoms with E-state index in [1.807, 2.05) is 26.0 Å². The smallest absolute Gasteiger partial charge is 0.314 e. The van der Waals surface area contributed by atoms with E-state index in [2.05, 4.69) is 10.6 Å². The highest BCUT2D eigenvalue weighted by molar-refractivity contribution is 6.43. The van der Waals surface area contributed by atoms with Crippen LogP contribution in [0.2, 0.25) is 0 Å². The number of hydrogen-bond acceptors (Lipinski definition) is 4. The molecule has 0 bridgehead atoms. The van der Waals surface area contributed by atoms with Gasteiger partial charge in [0.2, 0.25) is 0 Å². The Morgan fingerprint density at radius 3 is 2.17 bits per heavy atom. The zero-order valence-corrected chi connectivity index (χ0v) is 14.1. The summed E-state index contributed by atoms with van der Waals surface area (Å²) in [7, 11) is 3.00. The monoisotopic (exact) mass is 328 g/mol. The van der Waals surface area contributed by atoms with Gasteiger partial charge in [-0.3, -0.25) is 9.59 Å². The average molecular weight is 328 g/mol. The van der Waals surface area contributed by atoms with Crippen molar-refractivity contribution >= 4 is 23.2 Å². The van der Waals surface area contributed by atoms with Gasteiger partial charge in [0.1, 0.15) is 11.5 Å². The lowest BCUT2D eigenvalue weighted by molar-refractivity contribution is -0.133. The molecule has 0 atom stereocenters. The second kappa shape index (κ2) is 7.50. The highest BCUT2D eigenvalue weighted by atomic mass is 16.5. The maximum absolute atomic E-state index is 12.1. The van der Waals surface area contributed by atoms with Gasteiger partial charge in [-0.25, -0.2) is 0 Å². The van der Waals surface area contributed by atoms with Gasteiger partial charge in [-0.05, 0) is 49.2 Å². The molecule has 0 aliphatic carbocycles. The number of carbonyl (C=O) groups is 2. The van der Waals surface area contributed by atoms with Crippen molar-refractivity contribution in [2.24, 2.45) is 0 Å². The lowest BCUT2D eigenvalue weighted by Crippen LogP contribution is -2.29. The molecule has 126 valence electrons. The number of aryl methyl sites for hydroxylation is 2. The Bertz CT molecular complexity index is 772. The van der Waals surface area contributed by atoms with Crippen LogP contribution in [0.5, 0.6) is 11.5 Å². The molecule has 2 aromatic carbocycles. The normalized spacial score (nSPS) is 10.0. The number of anilines is 2. The van der Waals surface area contributed by atoms with E-state index in [1.165, 1.54) is 14.2 Å². The van der Waals surface area contributed by atoms with E-state index >= 15 is 0 Å². The molecule has 2 aromatic rings. The second-order valence-electron chi connectivity index (χ2n) is 5.27. The van der Waals surface area contributed by atoms with Gasteiger partial charge in [-0.15, -0.1) is 0 Å². The summed E-state index contributed by atoms with van der Waals surface area (Å²) in [5.74, 6) is -0.543. The molecule has 0 aromatic heterocycles. The van der Waals surface area contributed by atoms with Gasteiger partial charge in [0.05, 0.1) is 19.9 Å². The molecule has 6 heteroatoms. The first kappa shape index (κ1) is 17.3. The molecule has 0 aliphatic rings. The Labute approximate surface area is 140 Å². The van der Waals surface area contributed by atoms with Gasteiger partial charge in [0.15, 0.2) is 0 Å². The summed E-state index contributed by atoms with van der Waals surface area (Å²) in [5.41, 5.74) is 3.10. The summed E-state index contributed by atoms with van der Waals surface area (Å²) >= 11 is 0. The Balaban J connectivity index is 2.08. The highest BCUT2D eigenvalue weighted by Crippen LogP contribution is 2.29. The van der Waals surface area contributed by atoms with E-state index in [4.69, 9.17) is 9.47 Å². The van der Waals surface area contributed by atoms with Crippen LogP contribution in [0.1, 0.15) is 11.1 Å². The maximum atomic E-state index is 12.1. The molecular weight excluding hydrogens is 308 g/mol. The molecule has 2 rings (SSSR count). The summed E-state index contributed by atoms with van der Waals surface area (Å²) in [6, 6.07) is 10.3. The van der Waals surface area contributed by atoms with Crippen LogP contribution in [0.15, 0.2) is 36.4 Å². The van der Waals surface area contributed by atoms with Crippen molar-refractivity contribution in [1.29, 1.82) is 0 Å². The molecule has 0 saturated carbocycles. The third kappa shape index (κ3) is 4.04. The number of nitrogens with one attached hydrogen (secondary N) is 2. The number of ether oxygens (including phenoxy) is 2. The molecule has 0 saturated heterocycles. The quantitative estimate of drug-likeness (QED) is 0.846. The molecule has 24 heavy (non-hydrogen) atoms. The molecular formula is C18H20N2O4. The zero-order chi connectivity index (χ0) is 17.7. The minimum Gasteiger partial charge on any atom is -0.497 e. The van der Waals surface area contributed by atoms with Gasteiger partial charge in [0, 0.05) is 11.8 Å². The van der Waals surface area contributed by atoms with Gasteiger partial charge in [-0.2, -0.15) is 0 Å². The van der Waals surface area contributed by atoms with Crippen molar-refractivity contribution in [1.82, 2.24) is 0 Å². The molecule has 0 fully saturated rings. The van der Waals surface area contributed by atoms with Crippen molar-refractivity contribution in [3.05, 3.63) is 47.5 Å². The van der Waals surface area contributed by atoms with Crippen molar-refractivity contribution in [3.63, 3.8) is 0 Å². The fourth-order valence-electron chi connectivity index (χ4n) is 2.09. The first-order chi connectivity index (χ1) is 11.4. The van der Waals surface area contributed by atoms with E-state index in [-0.39, 0.29) is 0 Å². The topological polar surface area (TPSA) is 76.7 Å². The van der Waals surface area contributed by atoms with Crippen molar-refractivity contribution in [2.45, 2.75) is 13.8 Å². The first-order valence-corrected chi connectivity index (χ1v) is 7.36. The molecule has 2 amide bonds. The number of carbonyl (C=O) groups excluding carboxylic acids is 2. The van der Waals surface area contributed by atoms with Crippen molar-refractivity contribution in [2.75, 3.05) is 24.9 Å². The van der Waals surface area contributed by atoms with E-state index in [0.29, 0.717) is 22.9 Å². The summed E-state index contributed by atoms with van der Waals surface area (Å²) < 4.78 is 10.3. The van der Waals surface area contributed by atoms with Crippen molar-refractivity contribution in [3.8, 4) is 11.5 Å². The zero-order valence-electron chi connectivity index (χ0n) is 14.1. The Morgan fingerprint density at radius 1 is 0.833 bits per heavy atom. The van der Waals surface area contributed by atoms with Crippen LogP contribution in [0.3, 0.4) is 0 Å². The minimum atomic E-state index is -0.781. The number of hydrogen-bond donors (Lipinski definition) is 2. The molecule has 6 nitrogen and oxygen atoms in total.